The number of likely N-dealkylation sites (tertiary alicyclic amines) is 1. The number of phenols is 1. The predicted molar refractivity (Wildman–Crippen MR) is 280 cm³/mol. The van der Waals surface area contributed by atoms with Crippen molar-refractivity contribution in [3.05, 3.63) is 89.3 Å². The first kappa shape index (κ1) is 50.5. The van der Waals surface area contributed by atoms with Crippen LogP contribution in [0.4, 0.5) is 22.2 Å². The number of nitrogen functional groups attached to an aromatic ring is 1. The van der Waals surface area contributed by atoms with E-state index in [1.54, 1.807) is 23.5 Å². The Kier molecular flexibility index (Phi) is 15.6. The molecule has 9 rings (SSSR count). The number of carbonyl (C=O) groups excluding carboxylic acids is 3. The van der Waals surface area contributed by atoms with Crippen LogP contribution >= 0.6 is 11.3 Å². The number of benzene rings is 2. The number of hydrogen-bond acceptors (Lipinski definition) is 14. The summed E-state index contributed by atoms with van der Waals surface area (Å²) in [6, 6.07) is 15.4. The van der Waals surface area contributed by atoms with E-state index in [1.807, 2.05) is 93.0 Å². The van der Waals surface area contributed by atoms with Gasteiger partial charge in [-0.1, -0.05) is 82.9 Å². The van der Waals surface area contributed by atoms with Gasteiger partial charge >= 0.3 is 6.03 Å². The fraction of sp³-hybridized carbons (Fsp3) is 0.519. The Morgan fingerprint density at radius 2 is 1.54 bits per heavy atom. The van der Waals surface area contributed by atoms with Gasteiger partial charge in [-0.2, -0.15) is 0 Å². The number of fused-ring (bicyclic) bond motifs is 2. The summed E-state index contributed by atoms with van der Waals surface area (Å²) < 4.78 is 0. The first-order valence-electron chi connectivity index (χ1n) is 25.8. The minimum atomic E-state index is -0.904. The second kappa shape index (κ2) is 22.2. The molecule has 5 aromatic rings. The highest BCUT2D eigenvalue weighted by Crippen LogP contribution is 2.39. The van der Waals surface area contributed by atoms with E-state index in [1.165, 1.54) is 10.5 Å². The third kappa shape index (κ3) is 11.4. The molecule has 4 aliphatic rings. The number of rotatable bonds is 10. The molecule has 0 radical (unpaired) electrons. The van der Waals surface area contributed by atoms with E-state index in [9.17, 15) is 24.6 Å². The van der Waals surface area contributed by atoms with Crippen molar-refractivity contribution in [2.24, 2.45) is 5.41 Å². The summed E-state index contributed by atoms with van der Waals surface area (Å²) >= 11 is 1.59. The van der Waals surface area contributed by atoms with Crippen molar-refractivity contribution in [3.8, 4) is 27.4 Å². The molecule has 3 aromatic heterocycles. The predicted octanol–water partition coefficient (Wildman–Crippen LogP) is 7.43. The van der Waals surface area contributed by atoms with E-state index in [2.05, 4.69) is 35.6 Å². The number of para-hydroxylation sites is 1. The monoisotopic (exact) mass is 999 g/mol. The number of nitrogens with one attached hydrogen (secondary N) is 2. The van der Waals surface area contributed by atoms with E-state index in [0.29, 0.717) is 36.1 Å². The number of aliphatic hydroxyl groups is 1. The van der Waals surface area contributed by atoms with E-state index in [0.717, 1.165) is 111 Å². The first-order valence-corrected chi connectivity index (χ1v) is 26.7. The number of nitrogens with two attached hydrogens (primary N) is 1. The lowest BCUT2D eigenvalue weighted by molar-refractivity contribution is -0.142. The second-order valence-corrected chi connectivity index (χ2v) is 22.1. The van der Waals surface area contributed by atoms with Gasteiger partial charge in [0.1, 0.15) is 17.8 Å². The zero-order chi connectivity index (χ0) is 50.5. The summed E-state index contributed by atoms with van der Waals surface area (Å²) in [5, 5.41) is 35.9. The van der Waals surface area contributed by atoms with Crippen molar-refractivity contribution in [1.29, 1.82) is 0 Å². The van der Waals surface area contributed by atoms with Gasteiger partial charge in [0.2, 0.25) is 17.8 Å². The van der Waals surface area contributed by atoms with Crippen LogP contribution in [0.5, 0.6) is 5.75 Å². The number of anilines is 3. The van der Waals surface area contributed by atoms with Gasteiger partial charge in [0.25, 0.3) is 0 Å². The van der Waals surface area contributed by atoms with Gasteiger partial charge in [0.05, 0.1) is 33.6 Å². The van der Waals surface area contributed by atoms with Crippen molar-refractivity contribution in [2.45, 2.75) is 141 Å². The quantitative estimate of drug-likeness (QED) is 0.0921. The summed E-state index contributed by atoms with van der Waals surface area (Å²) in [4.78, 5) is 65.6. The summed E-state index contributed by atoms with van der Waals surface area (Å²) in [6.45, 7) is 10.7. The van der Waals surface area contributed by atoms with Gasteiger partial charge in [0, 0.05) is 75.7 Å². The molecule has 4 saturated heterocycles. The Bertz CT molecular complexity index is 2650. The average molecular weight is 999 g/mol. The molecule has 5 atom stereocenters. The number of piperazine rings is 1. The van der Waals surface area contributed by atoms with Crippen LogP contribution in [-0.4, -0.2) is 126 Å². The molecule has 0 spiro atoms. The molecule has 382 valence electrons. The molecule has 6 N–H and O–H groups in total. The Balaban J connectivity index is 0.764. The summed E-state index contributed by atoms with van der Waals surface area (Å²) in [6.07, 6.45) is 13.1. The molecule has 4 amide bonds. The number of β-amino-alcohol motifs (C(OH)–C–C–N with tert-alkyl or cyclic N) is 1. The minimum Gasteiger partial charge on any atom is -0.507 e. The number of thiazole rings is 1. The molecule has 4 aliphatic heterocycles. The number of aromatic nitrogens is 5. The Morgan fingerprint density at radius 3 is 2.18 bits per heavy atom. The number of aryl methyl sites for hydroxylation is 1. The normalized spacial score (nSPS) is 21.7. The van der Waals surface area contributed by atoms with Crippen LogP contribution in [0.15, 0.2) is 72.5 Å². The molecule has 18 heteroatoms. The molecule has 7 heterocycles. The van der Waals surface area contributed by atoms with Crippen LogP contribution in [0.1, 0.15) is 114 Å². The highest BCUT2D eigenvalue weighted by molar-refractivity contribution is 7.13. The number of aliphatic hydroxyl groups excluding tert-OH is 1. The van der Waals surface area contributed by atoms with Crippen LogP contribution in [0.3, 0.4) is 0 Å². The largest absolute Gasteiger partial charge is 0.507 e. The topological polar surface area (TPSA) is 219 Å². The fourth-order valence-corrected chi connectivity index (χ4v) is 11.9. The van der Waals surface area contributed by atoms with Crippen molar-refractivity contribution in [3.63, 3.8) is 0 Å². The molecule has 72 heavy (non-hydrogen) atoms. The minimum absolute atomic E-state index is 0.0225. The van der Waals surface area contributed by atoms with Crippen LogP contribution in [0.25, 0.3) is 21.7 Å². The molecule has 4 fully saturated rings. The summed E-state index contributed by atoms with van der Waals surface area (Å²) in [5.41, 5.74) is 13.7. The third-order valence-corrected chi connectivity index (χ3v) is 16.1. The fourth-order valence-electron chi connectivity index (χ4n) is 11.1. The molecule has 17 nitrogen and oxygen atoms in total. The molecular weight excluding hydrogens is 929 g/mol. The number of aromatic hydroxyl groups is 1. The van der Waals surface area contributed by atoms with Crippen molar-refractivity contribution in [2.75, 3.05) is 48.3 Å². The number of nitrogens with zero attached hydrogens (tertiary/aromatic N) is 9. The number of phenolic OH excluding ortho intramolecular Hbond substituents is 1. The third-order valence-electron chi connectivity index (χ3n) is 15.1. The van der Waals surface area contributed by atoms with Gasteiger partial charge in [-0.25, -0.2) is 19.7 Å². The van der Waals surface area contributed by atoms with E-state index < -0.39 is 23.6 Å². The summed E-state index contributed by atoms with van der Waals surface area (Å²) in [5.74, 6) is 0.945. The number of hydrogen-bond donors (Lipinski definition) is 5. The van der Waals surface area contributed by atoms with E-state index in [-0.39, 0.29) is 55.2 Å². The zero-order valence-corrected chi connectivity index (χ0v) is 42.9. The summed E-state index contributed by atoms with van der Waals surface area (Å²) in [7, 11) is 0. The number of urea groups is 1. The lowest BCUT2D eigenvalue weighted by atomic mass is 9.85. The van der Waals surface area contributed by atoms with Gasteiger partial charge < -0.3 is 46.2 Å². The smallest absolute Gasteiger partial charge is 0.318 e. The Hall–Kier alpha value is -6.40. The first-order chi connectivity index (χ1) is 34.7. The lowest BCUT2D eigenvalue weighted by Gasteiger charge is -2.42. The highest BCUT2D eigenvalue weighted by atomic mass is 32.1. The SMILES string of the molecule is Cc1ncsc1-c1ccc(CNC(=O)[C@@H]2C[C@@H](O)CN2C(=O)[C@@H](NC(=O)N2CCCCCC(c3cnc(N4C5CCC4CN(c4cc(-c6ccccc6O)nnc4N)C5)nc3)CCCCC2)C(C)(C)C)cc1. The van der Waals surface area contributed by atoms with Crippen molar-refractivity contribution in [1.82, 2.24) is 45.6 Å². The van der Waals surface area contributed by atoms with Gasteiger partial charge in [-0.15, -0.1) is 21.5 Å². The maximum Gasteiger partial charge on any atom is 0.318 e. The molecule has 0 saturated carbocycles. The van der Waals surface area contributed by atoms with E-state index >= 15 is 0 Å². The van der Waals surface area contributed by atoms with Gasteiger partial charge in [-0.3, -0.25) is 9.59 Å². The molecule has 2 aromatic carbocycles. The van der Waals surface area contributed by atoms with Crippen molar-refractivity contribution < 1.29 is 24.6 Å². The van der Waals surface area contributed by atoms with Crippen LogP contribution in [0.2, 0.25) is 0 Å². The van der Waals surface area contributed by atoms with E-state index in [4.69, 9.17) is 15.7 Å². The maximum absolute atomic E-state index is 14.4. The average Bonchev–Trinajstić information content (AvgIpc) is 4.06. The Labute approximate surface area is 426 Å². The maximum atomic E-state index is 14.4. The number of carbonyl (C=O) groups is 3. The Morgan fingerprint density at radius 1 is 0.861 bits per heavy atom. The van der Waals surface area contributed by atoms with Crippen LogP contribution in [0, 0.1) is 12.3 Å². The molecule has 2 unspecified atom stereocenters. The van der Waals surface area contributed by atoms with Gasteiger partial charge in [0.15, 0.2) is 5.82 Å². The van der Waals surface area contributed by atoms with Crippen molar-refractivity contribution >= 4 is 46.6 Å². The van der Waals surface area contributed by atoms with Crippen LogP contribution < -0.4 is 26.2 Å². The van der Waals surface area contributed by atoms with Crippen LogP contribution in [-0.2, 0) is 16.1 Å². The zero-order valence-electron chi connectivity index (χ0n) is 42.0. The lowest BCUT2D eigenvalue weighted by Crippen LogP contribution is -2.59. The van der Waals surface area contributed by atoms with Gasteiger partial charge in [-0.05, 0) is 91.7 Å². The second-order valence-electron chi connectivity index (χ2n) is 21.2. The highest BCUT2D eigenvalue weighted by Gasteiger charge is 2.45. The molecule has 2 bridgehead atoms. The molecule has 0 aliphatic carbocycles. The standard InChI is InChI=1S/C54H70N12O5S/c1-34-47(72-33-59-34)37-19-17-35(18-20-37)27-56-50(69)45-25-41(67)32-65(45)51(70)48(54(2,3)4)60-53(71)63-23-11-5-7-13-36(14-8-6-12-24-63)38-28-57-52(58-29-38)66-39-21-22-40(66)31-64(30-39)44-26-43(61-62-49(44)55)42-15-9-10-16-46(42)68/h9-10,15-20,26,28-29,33,36,39-41,45,48,67-68H,5-8,11-14,21-25,27,30-32H2,1-4H3,(H2,55,62)(H,56,69)(H,60,71)/t39?,40?,41-,45+,48-/m1/s1. The molecular formula is C54H70N12O5S. The number of amides is 4.